The predicted molar refractivity (Wildman–Crippen MR) is 66.8 cm³/mol. The second-order valence-electron chi connectivity index (χ2n) is 3.61. The van der Waals surface area contributed by atoms with Gasteiger partial charge in [0.05, 0.1) is 0 Å². The summed E-state index contributed by atoms with van der Waals surface area (Å²) in [4.78, 5) is 6.57. The van der Waals surface area contributed by atoms with Gasteiger partial charge in [-0.1, -0.05) is 18.5 Å². The molecule has 3 heteroatoms. The van der Waals surface area contributed by atoms with Crippen LogP contribution in [-0.2, 0) is 0 Å². The van der Waals surface area contributed by atoms with E-state index in [0.717, 1.165) is 29.4 Å². The molecule has 0 aliphatic heterocycles. The van der Waals surface area contributed by atoms with Crippen LogP contribution in [0.4, 0.5) is 0 Å². The van der Waals surface area contributed by atoms with Gasteiger partial charge in [-0.2, -0.15) is 0 Å². The lowest BCUT2D eigenvalue weighted by Gasteiger charge is -2.16. The van der Waals surface area contributed by atoms with Crippen LogP contribution in [0.5, 0.6) is 0 Å². The van der Waals surface area contributed by atoms with Gasteiger partial charge in [0, 0.05) is 31.2 Å². The molecule has 1 rings (SSSR count). The fourth-order valence-electron chi connectivity index (χ4n) is 1.31. The van der Waals surface area contributed by atoms with Gasteiger partial charge < -0.3 is 4.90 Å². The molecule has 2 nitrogen and oxygen atoms in total. The van der Waals surface area contributed by atoms with Crippen LogP contribution in [-0.4, -0.2) is 31.4 Å². The van der Waals surface area contributed by atoms with Crippen LogP contribution in [0.15, 0.2) is 29.3 Å². The molecule has 0 aliphatic carbocycles. The molecular weight excluding hydrogens is 208 g/mol. The highest BCUT2D eigenvalue weighted by molar-refractivity contribution is 6.30. The molecule has 0 aromatic heterocycles. The first-order valence-electron chi connectivity index (χ1n) is 5.13. The lowest BCUT2D eigenvalue weighted by atomic mass is 10.2. The highest BCUT2D eigenvalue weighted by Crippen LogP contribution is 2.11. The molecule has 1 aromatic carbocycles. The van der Waals surface area contributed by atoms with Crippen molar-refractivity contribution in [2.45, 2.75) is 13.3 Å². The first-order chi connectivity index (χ1) is 7.15. The van der Waals surface area contributed by atoms with E-state index in [9.17, 15) is 0 Å². The molecule has 0 bridgehead atoms. The van der Waals surface area contributed by atoms with Crippen LogP contribution in [0.25, 0.3) is 0 Å². The van der Waals surface area contributed by atoms with Gasteiger partial charge in [-0.3, -0.25) is 4.99 Å². The molecule has 0 heterocycles. The third-order valence-corrected chi connectivity index (χ3v) is 2.26. The SMILES string of the molecule is CCCN=C(c1ccc(Cl)cc1)N(C)C. The van der Waals surface area contributed by atoms with E-state index in [0.29, 0.717) is 0 Å². The number of halogens is 1. The van der Waals surface area contributed by atoms with Gasteiger partial charge in [0.15, 0.2) is 0 Å². The van der Waals surface area contributed by atoms with E-state index in [-0.39, 0.29) is 0 Å². The van der Waals surface area contributed by atoms with Gasteiger partial charge in [0.25, 0.3) is 0 Å². The van der Waals surface area contributed by atoms with Crippen LogP contribution in [0.3, 0.4) is 0 Å². The van der Waals surface area contributed by atoms with Crippen molar-refractivity contribution >= 4 is 17.4 Å². The Kier molecular flexibility index (Phi) is 4.63. The quantitative estimate of drug-likeness (QED) is 0.569. The first kappa shape index (κ1) is 12.1. The van der Waals surface area contributed by atoms with Crippen LogP contribution in [0.2, 0.25) is 5.02 Å². The summed E-state index contributed by atoms with van der Waals surface area (Å²) in [7, 11) is 4.01. The summed E-state index contributed by atoms with van der Waals surface area (Å²) in [6, 6.07) is 7.78. The number of aliphatic imine (C=N–C) groups is 1. The first-order valence-corrected chi connectivity index (χ1v) is 5.50. The van der Waals surface area contributed by atoms with Gasteiger partial charge in [0.2, 0.25) is 0 Å². The maximum absolute atomic E-state index is 5.85. The zero-order valence-corrected chi connectivity index (χ0v) is 10.3. The number of hydrogen-bond donors (Lipinski definition) is 0. The van der Waals surface area contributed by atoms with E-state index >= 15 is 0 Å². The summed E-state index contributed by atoms with van der Waals surface area (Å²) in [6.07, 6.45) is 1.06. The minimum Gasteiger partial charge on any atom is -0.363 e. The Morgan fingerprint density at radius 2 is 1.87 bits per heavy atom. The lowest BCUT2D eigenvalue weighted by molar-refractivity contribution is 0.618. The molecule has 0 fully saturated rings. The fraction of sp³-hybridized carbons (Fsp3) is 0.417. The summed E-state index contributed by atoms with van der Waals surface area (Å²) in [5.74, 6) is 1.01. The molecule has 0 amide bonds. The van der Waals surface area contributed by atoms with Crippen molar-refractivity contribution in [1.82, 2.24) is 4.90 Å². The molecule has 0 N–H and O–H groups in total. The monoisotopic (exact) mass is 224 g/mol. The number of rotatable bonds is 3. The molecule has 0 saturated carbocycles. The van der Waals surface area contributed by atoms with E-state index in [4.69, 9.17) is 11.6 Å². The molecule has 0 unspecified atom stereocenters. The summed E-state index contributed by atoms with van der Waals surface area (Å²) >= 11 is 5.85. The van der Waals surface area contributed by atoms with Crippen molar-refractivity contribution < 1.29 is 0 Å². The third-order valence-electron chi connectivity index (χ3n) is 2.01. The van der Waals surface area contributed by atoms with Gasteiger partial charge >= 0.3 is 0 Å². The van der Waals surface area contributed by atoms with E-state index in [1.807, 2.05) is 43.3 Å². The Morgan fingerprint density at radius 3 is 2.33 bits per heavy atom. The maximum Gasteiger partial charge on any atom is 0.130 e. The van der Waals surface area contributed by atoms with E-state index in [1.54, 1.807) is 0 Å². The largest absolute Gasteiger partial charge is 0.363 e. The summed E-state index contributed by atoms with van der Waals surface area (Å²) in [6.45, 7) is 2.98. The molecule has 0 atom stereocenters. The van der Waals surface area contributed by atoms with Gasteiger partial charge in [0.1, 0.15) is 5.84 Å². The van der Waals surface area contributed by atoms with Crippen LogP contribution in [0, 0.1) is 0 Å². The molecule has 0 spiro atoms. The Labute approximate surface area is 96.6 Å². The number of hydrogen-bond acceptors (Lipinski definition) is 1. The second-order valence-corrected chi connectivity index (χ2v) is 4.04. The van der Waals surface area contributed by atoms with E-state index in [2.05, 4.69) is 11.9 Å². The molecule has 0 aliphatic rings. The topological polar surface area (TPSA) is 15.6 Å². The van der Waals surface area contributed by atoms with E-state index < -0.39 is 0 Å². The average Bonchev–Trinajstić information content (AvgIpc) is 2.21. The molecule has 82 valence electrons. The third kappa shape index (κ3) is 3.56. The van der Waals surface area contributed by atoms with Crippen molar-refractivity contribution in [1.29, 1.82) is 0 Å². The minimum atomic E-state index is 0.757. The summed E-state index contributed by atoms with van der Waals surface area (Å²) < 4.78 is 0. The van der Waals surface area contributed by atoms with Crippen LogP contribution < -0.4 is 0 Å². The zero-order valence-electron chi connectivity index (χ0n) is 9.50. The molecule has 15 heavy (non-hydrogen) atoms. The average molecular weight is 225 g/mol. The van der Waals surface area contributed by atoms with Gasteiger partial charge in [-0.25, -0.2) is 0 Å². The zero-order chi connectivity index (χ0) is 11.3. The second kappa shape index (κ2) is 5.76. The highest BCUT2D eigenvalue weighted by Gasteiger charge is 2.04. The van der Waals surface area contributed by atoms with Crippen LogP contribution >= 0.6 is 11.6 Å². The fourth-order valence-corrected chi connectivity index (χ4v) is 1.43. The molecule has 0 radical (unpaired) electrons. The smallest absolute Gasteiger partial charge is 0.130 e. The van der Waals surface area contributed by atoms with Crippen LogP contribution in [0.1, 0.15) is 18.9 Å². The van der Waals surface area contributed by atoms with Gasteiger partial charge in [-0.15, -0.1) is 0 Å². The number of nitrogens with zero attached hydrogens (tertiary/aromatic N) is 2. The van der Waals surface area contributed by atoms with Crippen molar-refractivity contribution in [2.24, 2.45) is 4.99 Å². The highest BCUT2D eigenvalue weighted by atomic mass is 35.5. The minimum absolute atomic E-state index is 0.757. The Hall–Kier alpha value is -1.02. The molecule has 0 saturated heterocycles. The van der Waals surface area contributed by atoms with Gasteiger partial charge in [-0.05, 0) is 30.7 Å². The van der Waals surface area contributed by atoms with Crippen molar-refractivity contribution in [3.05, 3.63) is 34.9 Å². The van der Waals surface area contributed by atoms with E-state index in [1.165, 1.54) is 0 Å². The predicted octanol–water partition coefficient (Wildman–Crippen LogP) is 3.06. The summed E-state index contributed by atoms with van der Waals surface area (Å²) in [5.41, 5.74) is 1.11. The van der Waals surface area contributed by atoms with Crippen molar-refractivity contribution in [3.63, 3.8) is 0 Å². The molecule has 1 aromatic rings. The number of amidine groups is 1. The number of benzene rings is 1. The lowest BCUT2D eigenvalue weighted by Crippen LogP contribution is -2.23. The standard InChI is InChI=1S/C12H17ClN2/c1-4-9-14-12(15(2)3)10-5-7-11(13)8-6-10/h5-8H,4,9H2,1-3H3. The Morgan fingerprint density at radius 1 is 1.27 bits per heavy atom. The normalized spacial score (nSPS) is 11.6. The maximum atomic E-state index is 5.85. The van der Waals surface area contributed by atoms with Crippen molar-refractivity contribution in [2.75, 3.05) is 20.6 Å². The summed E-state index contributed by atoms with van der Waals surface area (Å²) in [5, 5.41) is 0.757. The van der Waals surface area contributed by atoms with Crippen molar-refractivity contribution in [3.8, 4) is 0 Å². The Bertz CT molecular complexity index is 328. The Balaban J connectivity index is 2.94. The molecular formula is C12H17ClN2.